The molecular weight excluding hydrogens is 403 g/mol. The summed E-state index contributed by atoms with van der Waals surface area (Å²) in [5.74, 6) is 0.348. The molecule has 1 amide bonds. The molecule has 0 spiro atoms. The maximum atomic E-state index is 12.7. The Morgan fingerprint density at radius 3 is 2.56 bits per heavy atom. The second-order valence-corrected chi connectivity index (χ2v) is 8.51. The third kappa shape index (κ3) is 4.46. The second kappa shape index (κ2) is 7.92. The molecule has 0 saturated carbocycles. The smallest absolute Gasteiger partial charge is 0.263 e. The molecule has 0 bridgehead atoms. The quantitative estimate of drug-likeness (QED) is 0.635. The van der Waals surface area contributed by atoms with E-state index in [2.05, 4.69) is 20.3 Å². The van der Waals surface area contributed by atoms with Gasteiger partial charge in [-0.2, -0.15) is 0 Å². The van der Waals surface area contributed by atoms with Crippen molar-refractivity contribution in [1.82, 2.24) is 20.3 Å². The van der Waals surface area contributed by atoms with Gasteiger partial charge in [-0.25, -0.2) is 15.0 Å². The summed E-state index contributed by atoms with van der Waals surface area (Å²) in [5.41, 5.74) is 1.34. The first-order valence-electron chi connectivity index (χ1n) is 8.26. The number of hydrogen-bond acceptors (Lipinski definition) is 5. The zero-order chi connectivity index (χ0) is 19.6. The largest absolute Gasteiger partial charge is 0.350 e. The van der Waals surface area contributed by atoms with Crippen molar-refractivity contribution in [1.29, 1.82) is 0 Å². The molecule has 3 aromatic rings. The number of aromatic nitrogens is 3. The highest BCUT2D eigenvalue weighted by atomic mass is 35.5. The number of carbonyl (C=O) groups is 1. The van der Waals surface area contributed by atoms with Gasteiger partial charge in [-0.3, -0.25) is 4.79 Å². The molecule has 0 atom stereocenters. The Hall–Kier alpha value is -2.02. The molecule has 3 rings (SSSR count). The Morgan fingerprint density at radius 1 is 1.19 bits per heavy atom. The molecular formula is C19H18Cl2N4OS. The first-order chi connectivity index (χ1) is 12.8. The summed E-state index contributed by atoms with van der Waals surface area (Å²) >= 11 is 13.4. The van der Waals surface area contributed by atoms with Crippen LogP contribution in [0, 0.1) is 6.92 Å². The lowest BCUT2D eigenvalue weighted by atomic mass is 9.84. The summed E-state index contributed by atoms with van der Waals surface area (Å²) < 4.78 is 0. The van der Waals surface area contributed by atoms with E-state index in [4.69, 9.17) is 23.2 Å². The van der Waals surface area contributed by atoms with Crippen LogP contribution in [0.5, 0.6) is 0 Å². The number of aryl methyl sites for hydroxylation is 1. The molecule has 0 aliphatic carbocycles. The molecule has 0 fully saturated rings. The van der Waals surface area contributed by atoms with E-state index in [1.807, 2.05) is 32.9 Å². The van der Waals surface area contributed by atoms with E-state index in [9.17, 15) is 4.79 Å². The monoisotopic (exact) mass is 420 g/mol. The number of thiazole rings is 1. The van der Waals surface area contributed by atoms with Crippen molar-refractivity contribution in [2.24, 2.45) is 0 Å². The van der Waals surface area contributed by atoms with E-state index >= 15 is 0 Å². The van der Waals surface area contributed by atoms with E-state index in [0.29, 0.717) is 38.0 Å². The molecule has 8 heteroatoms. The van der Waals surface area contributed by atoms with Crippen LogP contribution in [-0.2, 0) is 5.41 Å². The van der Waals surface area contributed by atoms with Crippen LogP contribution in [0.2, 0.25) is 10.0 Å². The van der Waals surface area contributed by atoms with Crippen molar-refractivity contribution in [3.63, 3.8) is 0 Å². The number of benzene rings is 1. The molecule has 2 heterocycles. The predicted molar refractivity (Wildman–Crippen MR) is 110 cm³/mol. The lowest BCUT2D eigenvalue weighted by molar-refractivity contribution is 0.0949. The zero-order valence-corrected chi connectivity index (χ0v) is 17.4. The molecule has 1 aromatic carbocycles. The van der Waals surface area contributed by atoms with Crippen LogP contribution >= 0.6 is 34.5 Å². The van der Waals surface area contributed by atoms with Gasteiger partial charge in [0, 0.05) is 24.4 Å². The van der Waals surface area contributed by atoms with Crippen molar-refractivity contribution in [3.8, 4) is 10.8 Å². The van der Waals surface area contributed by atoms with Gasteiger partial charge in [0.15, 0.2) is 10.8 Å². The predicted octanol–water partition coefficient (Wildman–Crippen LogP) is 4.92. The fraction of sp³-hybridized carbons (Fsp3) is 0.263. The van der Waals surface area contributed by atoms with E-state index in [-0.39, 0.29) is 11.3 Å². The molecule has 140 valence electrons. The van der Waals surface area contributed by atoms with Crippen LogP contribution in [0.4, 0.5) is 0 Å². The minimum atomic E-state index is -0.312. The van der Waals surface area contributed by atoms with Crippen molar-refractivity contribution in [2.45, 2.75) is 26.2 Å². The minimum absolute atomic E-state index is 0.166. The van der Waals surface area contributed by atoms with Crippen molar-refractivity contribution >= 4 is 40.4 Å². The first kappa shape index (κ1) is 19.7. The summed E-state index contributed by atoms with van der Waals surface area (Å²) in [4.78, 5) is 26.0. The fourth-order valence-corrected chi connectivity index (χ4v) is 3.74. The van der Waals surface area contributed by atoms with Gasteiger partial charge in [-0.15, -0.1) is 11.3 Å². The third-order valence-electron chi connectivity index (χ3n) is 4.15. The molecule has 0 radical (unpaired) electrons. The van der Waals surface area contributed by atoms with Crippen LogP contribution in [0.25, 0.3) is 10.8 Å². The molecule has 0 aliphatic heterocycles. The number of amides is 1. The Balaban J connectivity index is 1.74. The van der Waals surface area contributed by atoms with Crippen LogP contribution in [0.1, 0.15) is 34.8 Å². The maximum absolute atomic E-state index is 12.7. The average molecular weight is 421 g/mol. The number of nitrogens with one attached hydrogen (secondary N) is 1. The van der Waals surface area contributed by atoms with Crippen molar-refractivity contribution in [3.05, 3.63) is 62.8 Å². The Morgan fingerprint density at radius 2 is 1.89 bits per heavy atom. The van der Waals surface area contributed by atoms with Gasteiger partial charge in [-0.05, 0) is 30.7 Å². The van der Waals surface area contributed by atoms with Gasteiger partial charge in [0.05, 0.1) is 15.7 Å². The van der Waals surface area contributed by atoms with E-state index in [1.165, 1.54) is 11.3 Å². The molecule has 0 saturated heterocycles. The van der Waals surface area contributed by atoms with E-state index < -0.39 is 0 Å². The van der Waals surface area contributed by atoms with Gasteiger partial charge < -0.3 is 5.32 Å². The molecule has 1 N–H and O–H groups in total. The fourth-order valence-electron chi connectivity index (χ4n) is 2.51. The highest BCUT2D eigenvalue weighted by Crippen LogP contribution is 2.30. The van der Waals surface area contributed by atoms with Gasteiger partial charge in [-0.1, -0.05) is 43.1 Å². The van der Waals surface area contributed by atoms with Gasteiger partial charge >= 0.3 is 0 Å². The van der Waals surface area contributed by atoms with Gasteiger partial charge in [0.2, 0.25) is 0 Å². The molecule has 0 unspecified atom stereocenters. The average Bonchev–Trinajstić information content (AvgIpc) is 3.04. The molecule has 27 heavy (non-hydrogen) atoms. The zero-order valence-electron chi connectivity index (χ0n) is 15.1. The Bertz CT molecular complexity index is 973. The van der Waals surface area contributed by atoms with Crippen molar-refractivity contribution < 1.29 is 4.79 Å². The molecule has 5 nitrogen and oxygen atoms in total. The van der Waals surface area contributed by atoms with Gasteiger partial charge in [0.25, 0.3) is 5.91 Å². The normalized spacial score (nSPS) is 11.4. The number of hydrogen-bond donors (Lipinski definition) is 1. The highest BCUT2D eigenvalue weighted by molar-refractivity contribution is 7.17. The molecule has 0 aliphatic rings. The standard InChI is InChI=1S/C19H18Cl2N4OS/c1-11-15(27-18(25-11)16-22-7-4-8-23-16)17(26)24-10-19(2,3)12-5-6-13(20)14(21)9-12/h4-9H,10H2,1-3H3,(H,24,26). The topological polar surface area (TPSA) is 67.8 Å². The van der Waals surface area contributed by atoms with E-state index in [1.54, 1.807) is 24.5 Å². The maximum Gasteiger partial charge on any atom is 0.263 e. The van der Waals surface area contributed by atoms with Gasteiger partial charge in [0.1, 0.15) is 4.88 Å². The Labute approximate surface area is 171 Å². The summed E-state index contributed by atoms with van der Waals surface area (Å²) in [6.45, 7) is 6.32. The van der Waals surface area contributed by atoms with E-state index in [0.717, 1.165) is 5.56 Å². The number of halogens is 2. The summed E-state index contributed by atoms with van der Waals surface area (Å²) in [6.07, 6.45) is 3.30. The SMILES string of the molecule is Cc1nc(-c2ncccn2)sc1C(=O)NCC(C)(C)c1ccc(Cl)c(Cl)c1. The number of rotatable bonds is 5. The number of carbonyl (C=O) groups excluding carboxylic acids is 1. The van der Waals surface area contributed by atoms with Crippen LogP contribution in [0.15, 0.2) is 36.7 Å². The lowest BCUT2D eigenvalue weighted by Crippen LogP contribution is -2.36. The highest BCUT2D eigenvalue weighted by Gasteiger charge is 2.24. The molecule has 2 aromatic heterocycles. The van der Waals surface area contributed by atoms with Crippen molar-refractivity contribution in [2.75, 3.05) is 6.54 Å². The lowest BCUT2D eigenvalue weighted by Gasteiger charge is -2.26. The summed E-state index contributed by atoms with van der Waals surface area (Å²) in [6, 6.07) is 7.26. The third-order valence-corrected chi connectivity index (χ3v) is 6.04. The minimum Gasteiger partial charge on any atom is -0.350 e. The summed E-state index contributed by atoms with van der Waals surface area (Å²) in [7, 11) is 0. The van der Waals surface area contributed by atoms with Crippen LogP contribution in [0.3, 0.4) is 0 Å². The Kier molecular flexibility index (Phi) is 5.79. The van der Waals surface area contributed by atoms with Crippen LogP contribution < -0.4 is 5.32 Å². The summed E-state index contributed by atoms with van der Waals surface area (Å²) in [5, 5.41) is 4.63. The first-order valence-corrected chi connectivity index (χ1v) is 9.84. The van der Waals surface area contributed by atoms with Crippen LogP contribution in [-0.4, -0.2) is 27.4 Å². The second-order valence-electron chi connectivity index (χ2n) is 6.70. The number of nitrogens with zero attached hydrogens (tertiary/aromatic N) is 3.